The molecule has 0 fully saturated rings. The molecule has 178 valence electrons. The van der Waals surface area contributed by atoms with Crippen LogP contribution in [0.3, 0.4) is 0 Å². The van der Waals surface area contributed by atoms with E-state index in [2.05, 4.69) is 20.7 Å². The second-order valence-electron chi connectivity index (χ2n) is 7.54. The average molecular weight is 496 g/mol. The van der Waals surface area contributed by atoms with Crippen molar-refractivity contribution >= 4 is 23.9 Å². The lowest BCUT2D eigenvalue weighted by molar-refractivity contribution is -0.137. The van der Waals surface area contributed by atoms with Crippen LogP contribution in [0.4, 0.5) is 13.2 Å². The summed E-state index contributed by atoms with van der Waals surface area (Å²) in [6, 6.07) is 22.0. The van der Waals surface area contributed by atoms with Crippen molar-refractivity contribution in [2.45, 2.75) is 18.3 Å². The first kappa shape index (κ1) is 24.2. The van der Waals surface area contributed by atoms with E-state index >= 15 is 0 Å². The summed E-state index contributed by atoms with van der Waals surface area (Å²) >= 11 is 1.20. The van der Waals surface area contributed by atoms with E-state index in [0.29, 0.717) is 16.5 Å². The minimum absolute atomic E-state index is 0.0170. The number of nitrogens with zero attached hydrogens (tertiary/aromatic N) is 4. The van der Waals surface area contributed by atoms with Crippen LogP contribution in [0.25, 0.3) is 17.1 Å². The van der Waals surface area contributed by atoms with Crippen LogP contribution in [-0.4, -0.2) is 32.6 Å². The normalized spacial score (nSPS) is 11.7. The third kappa shape index (κ3) is 6.15. The van der Waals surface area contributed by atoms with Gasteiger partial charge in [-0.05, 0) is 36.8 Å². The molecule has 0 spiro atoms. The molecule has 0 unspecified atom stereocenters. The molecule has 0 aliphatic carbocycles. The van der Waals surface area contributed by atoms with Gasteiger partial charge in [-0.1, -0.05) is 71.9 Å². The van der Waals surface area contributed by atoms with E-state index in [1.807, 2.05) is 66.1 Å². The average Bonchev–Trinajstić information content (AvgIpc) is 3.27. The Bertz CT molecular complexity index is 1320. The maximum absolute atomic E-state index is 12.7. The number of hydrogen-bond acceptors (Lipinski definition) is 5. The number of carbonyl (C=O) groups is 1. The number of amides is 1. The molecule has 1 aromatic heterocycles. The number of thioether (sulfide) groups is 1. The van der Waals surface area contributed by atoms with E-state index in [1.165, 1.54) is 30.1 Å². The van der Waals surface area contributed by atoms with Crippen molar-refractivity contribution in [3.63, 3.8) is 0 Å². The van der Waals surface area contributed by atoms with Gasteiger partial charge in [0.25, 0.3) is 5.91 Å². The summed E-state index contributed by atoms with van der Waals surface area (Å²) in [5.74, 6) is 0.277. The number of alkyl halides is 3. The van der Waals surface area contributed by atoms with Gasteiger partial charge in [0.15, 0.2) is 11.0 Å². The van der Waals surface area contributed by atoms with Gasteiger partial charge in [0.2, 0.25) is 0 Å². The Kier molecular flexibility index (Phi) is 7.31. The van der Waals surface area contributed by atoms with Gasteiger partial charge in [-0.15, -0.1) is 10.2 Å². The summed E-state index contributed by atoms with van der Waals surface area (Å²) in [7, 11) is 0. The monoisotopic (exact) mass is 495 g/mol. The number of rotatable bonds is 7. The van der Waals surface area contributed by atoms with Gasteiger partial charge in [-0.3, -0.25) is 9.36 Å². The summed E-state index contributed by atoms with van der Waals surface area (Å²) < 4.78 is 39.8. The Morgan fingerprint density at radius 1 is 1.00 bits per heavy atom. The molecular weight excluding hydrogens is 475 g/mol. The van der Waals surface area contributed by atoms with Gasteiger partial charge < -0.3 is 0 Å². The fourth-order valence-electron chi connectivity index (χ4n) is 3.16. The number of aryl methyl sites for hydroxylation is 1. The molecule has 1 heterocycles. The molecule has 0 atom stereocenters. The molecule has 1 amide bonds. The first-order chi connectivity index (χ1) is 16.8. The Morgan fingerprint density at radius 3 is 2.34 bits per heavy atom. The minimum Gasteiger partial charge on any atom is -0.272 e. The van der Waals surface area contributed by atoms with E-state index in [0.717, 1.165) is 28.9 Å². The third-order valence-electron chi connectivity index (χ3n) is 4.93. The molecule has 10 heteroatoms. The lowest BCUT2D eigenvalue weighted by Gasteiger charge is -2.10. The Balaban J connectivity index is 1.44. The molecule has 0 saturated heterocycles. The number of carbonyl (C=O) groups excluding carboxylic acids is 1. The number of hydrazone groups is 1. The zero-order chi connectivity index (χ0) is 24.8. The second-order valence-corrected chi connectivity index (χ2v) is 8.49. The predicted octanol–water partition coefficient (Wildman–Crippen LogP) is 5.50. The van der Waals surface area contributed by atoms with Crippen LogP contribution in [0.15, 0.2) is 89.1 Å². The number of hydrogen-bond donors (Lipinski definition) is 1. The van der Waals surface area contributed by atoms with Crippen LogP contribution in [0.5, 0.6) is 0 Å². The van der Waals surface area contributed by atoms with Crippen molar-refractivity contribution in [1.29, 1.82) is 0 Å². The van der Waals surface area contributed by atoms with Crippen molar-refractivity contribution in [2.75, 3.05) is 5.75 Å². The Labute approximate surface area is 203 Å². The molecule has 0 bridgehead atoms. The van der Waals surface area contributed by atoms with E-state index < -0.39 is 17.6 Å². The van der Waals surface area contributed by atoms with Crippen molar-refractivity contribution in [3.05, 3.63) is 95.6 Å². The van der Waals surface area contributed by atoms with Gasteiger partial charge in [-0.2, -0.15) is 18.3 Å². The standard InChI is InChI=1S/C25H20F3N5OS/c1-17-7-13-21(14-8-17)33-23(19-5-3-2-4-6-19)31-32-24(33)35-16-22(34)30-29-15-18-9-11-20(12-10-18)25(26,27)28/h2-15H,16H2,1H3,(H,30,34)/b29-15+. The smallest absolute Gasteiger partial charge is 0.272 e. The highest BCUT2D eigenvalue weighted by molar-refractivity contribution is 7.99. The summed E-state index contributed by atoms with van der Waals surface area (Å²) in [5.41, 5.74) is 4.93. The Hall–Kier alpha value is -3.92. The molecule has 0 aliphatic heterocycles. The fraction of sp³-hybridized carbons (Fsp3) is 0.120. The van der Waals surface area contributed by atoms with E-state index in [9.17, 15) is 18.0 Å². The Morgan fingerprint density at radius 2 is 1.69 bits per heavy atom. The number of benzene rings is 3. The first-order valence-corrected chi connectivity index (χ1v) is 11.5. The van der Waals surface area contributed by atoms with Gasteiger partial charge in [0.05, 0.1) is 17.5 Å². The quantitative estimate of drug-likeness (QED) is 0.209. The maximum atomic E-state index is 12.7. The van der Waals surface area contributed by atoms with Crippen molar-refractivity contribution < 1.29 is 18.0 Å². The molecule has 0 aliphatic rings. The van der Waals surface area contributed by atoms with E-state index in [1.54, 1.807) is 0 Å². The fourth-order valence-corrected chi connectivity index (χ4v) is 3.91. The topological polar surface area (TPSA) is 72.2 Å². The van der Waals surface area contributed by atoms with Crippen LogP contribution in [0.2, 0.25) is 0 Å². The summed E-state index contributed by atoms with van der Waals surface area (Å²) in [6.07, 6.45) is -3.12. The van der Waals surface area contributed by atoms with Crippen molar-refractivity contribution in [1.82, 2.24) is 20.2 Å². The van der Waals surface area contributed by atoms with Crippen molar-refractivity contribution in [3.8, 4) is 17.1 Å². The van der Waals surface area contributed by atoms with Crippen LogP contribution in [0.1, 0.15) is 16.7 Å². The van der Waals surface area contributed by atoms with Gasteiger partial charge in [-0.25, -0.2) is 5.43 Å². The second kappa shape index (κ2) is 10.6. The molecule has 0 saturated carbocycles. The molecule has 6 nitrogen and oxygen atoms in total. The first-order valence-electron chi connectivity index (χ1n) is 10.5. The third-order valence-corrected chi connectivity index (χ3v) is 5.86. The summed E-state index contributed by atoms with van der Waals surface area (Å²) in [6.45, 7) is 2.00. The zero-order valence-corrected chi connectivity index (χ0v) is 19.3. The van der Waals surface area contributed by atoms with Crippen LogP contribution < -0.4 is 5.43 Å². The molecule has 4 aromatic rings. The van der Waals surface area contributed by atoms with E-state index in [-0.39, 0.29) is 5.75 Å². The number of halogens is 3. The molecule has 1 N–H and O–H groups in total. The van der Waals surface area contributed by atoms with Crippen LogP contribution in [0, 0.1) is 6.92 Å². The molecule has 0 radical (unpaired) electrons. The van der Waals surface area contributed by atoms with Crippen LogP contribution >= 0.6 is 11.8 Å². The predicted molar refractivity (Wildman–Crippen MR) is 129 cm³/mol. The van der Waals surface area contributed by atoms with Crippen molar-refractivity contribution in [2.24, 2.45) is 5.10 Å². The molecule has 4 rings (SSSR count). The van der Waals surface area contributed by atoms with Crippen LogP contribution in [-0.2, 0) is 11.0 Å². The number of aromatic nitrogens is 3. The highest BCUT2D eigenvalue weighted by Crippen LogP contribution is 2.29. The lowest BCUT2D eigenvalue weighted by Crippen LogP contribution is -2.20. The highest BCUT2D eigenvalue weighted by Gasteiger charge is 2.29. The largest absolute Gasteiger partial charge is 0.416 e. The van der Waals surface area contributed by atoms with Gasteiger partial charge in [0, 0.05) is 11.3 Å². The minimum atomic E-state index is -4.40. The lowest BCUT2D eigenvalue weighted by atomic mass is 10.1. The molecule has 35 heavy (non-hydrogen) atoms. The van der Waals surface area contributed by atoms with E-state index in [4.69, 9.17) is 0 Å². The zero-order valence-electron chi connectivity index (χ0n) is 18.5. The van der Waals surface area contributed by atoms with Gasteiger partial charge >= 0.3 is 6.18 Å². The highest BCUT2D eigenvalue weighted by atomic mass is 32.2. The molecular formula is C25H20F3N5OS. The summed E-state index contributed by atoms with van der Waals surface area (Å²) in [5, 5.41) is 13.0. The SMILES string of the molecule is Cc1ccc(-n2c(SCC(=O)N/N=C/c3ccc(C(F)(F)F)cc3)nnc2-c2ccccc2)cc1. The maximum Gasteiger partial charge on any atom is 0.416 e. The van der Waals surface area contributed by atoms with Gasteiger partial charge in [0.1, 0.15) is 0 Å². The number of nitrogens with one attached hydrogen (secondary N) is 1. The molecule has 3 aromatic carbocycles. The summed E-state index contributed by atoms with van der Waals surface area (Å²) in [4.78, 5) is 12.3.